The van der Waals surface area contributed by atoms with Crippen LogP contribution in [0.5, 0.6) is 5.75 Å². The first kappa shape index (κ1) is 16.6. The third kappa shape index (κ3) is 3.31. The first-order valence-electron chi connectivity index (χ1n) is 7.58. The van der Waals surface area contributed by atoms with E-state index >= 15 is 0 Å². The van der Waals surface area contributed by atoms with Crippen LogP contribution < -0.4 is 9.64 Å². The summed E-state index contributed by atoms with van der Waals surface area (Å²) < 4.78 is 11.2. The van der Waals surface area contributed by atoms with Crippen LogP contribution in [-0.2, 0) is 4.79 Å². The molecule has 0 spiro atoms. The third-order valence-electron chi connectivity index (χ3n) is 3.89. The Hall–Kier alpha value is -2.28. The minimum atomic E-state index is -0.329. The Morgan fingerprint density at radius 3 is 2.75 bits per heavy atom. The number of rotatable bonds is 5. The molecule has 0 aliphatic carbocycles. The zero-order valence-corrected chi connectivity index (χ0v) is 14.8. The Kier molecular flexibility index (Phi) is 4.89. The van der Waals surface area contributed by atoms with Crippen molar-refractivity contribution in [3.8, 4) is 5.75 Å². The Bertz CT molecular complexity index is 759. The van der Waals surface area contributed by atoms with E-state index in [0.29, 0.717) is 29.1 Å². The highest BCUT2D eigenvalue weighted by Gasteiger charge is 2.29. The molecule has 0 radical (unpaired) electrons. The first-order valence-corrected chi connectivity index (χ1v) is 8.37. The molecule has 126 valence electrons. The maximum absolute atomic E-state index is 12.9. The van der Waals surface area contributed by atoms with E-state index in [-0.39, 0.29) is 24.2 Å². The highest BCUT2D eigenvalue weighted by molar-refractivity contribution is 9.10. The molecule has 2 amide bonds. The van der Waals surface area contributed by atoms with Crippen molar-refractivity contribution in [3.63, 3.8) is 0 Å². The van der Waals surface area contributed by atoms with Gasteiger partial charge in [0.2, 0.25) is 5.91 Å². The Balaban J connectivity index is 1.96. The molecule has 0 bridgehead atoms. The molecular weight excluding hydrogens is 376 g/mol. The van der Waals surface area contributed by atoms with E-state index in [2.05, 4.69) is 15.9 Å². The number of hydrogen-bond acceptors (Lipinski definition) is 4. The van der Waals surface area contributed by atoms with Gasteiger partial charge in [-0.05, 0) is 46.6 Å². The van der Waals surface area contributed by atoms with E-state index in [1.54, 1.807) is 36.3 Å². The number of benzene rings is 1. The summed E-state index contributed by atoms with van der Waals surface area (Å²) in [6.45, 7) is 0.802. The fourth-order valence-corrected chi connectivity index (χ4v) is 3.00. The van der Waals surface area contributed by atoms with Gasteiger partial charge in [-0.2, -0.15) is 0 Å². The van der Waals surface area contributed by atoms with Gasteiger partial charge in [-0.15, -0.1) is 0 Å². The number of nitrogens with zero attached hydrogens (tertiary/aromatic N) is 2. The minimum absolute atomic E-state index is 0.0447. The highest BCUT2D eigenvalue weighted by Crippen LogP contribution is 2.30. The minimum Gasteiger partial charge on any atom is -0.495 e. The Morgan fingerprint density at radius 2 is 2.12 bits per heavy atom. The van der Waals surface area contributed by atoms with Gasteiger partial charge in [0.25, 0.3) is 5.91 Å². The van der Waals surface area contributed by atoms with Crippen LogP contribution in [0.4, 0.5) is 5.69 Å². The molecule has 3 rings (SSSR count). The molecule has 1 aromatic carbocycles. The van der Waals surface area contributed by atoms with Gasteiger partial charge in [-0.25, -0.2) is 0 Å². The molecule has 6 nitrogen and oxygen atoms in total. The van der Waals surface area contributed by atoms with Crippen LogP contribution in [0.3, 0.4) is 0 Å². The second-order valence-electron chi connectivity index (χ2n) is 5.41. The molecule has 0 saturated carbocycles. The molecule has 7 heteroatoms. The fraction of sp³-hybridized carbons (Fsp3) is 0.294. The SMILES string of the molecule is COc1ccccc1N(CN1CCCC1=O)C(=O)c1ccc(Br)o1. The predicted molar refractivity (Wildman–Crippen MR) is 92.0 cm³/mol. The molecule has 1 fully saturated rings. The largest absolute Gasteiger partial charge is 0.495 e. The molecule has 24 heavy (non-hydrogen) atoms. The number of carbonyl (C=O) groups excluding carboxylic acids is 2. The van der Waals surface area contributed by atoms with Crippen LogP contribution in [0.15, 0.2) is 45.5 Å². The number of amides is 2. The van der Waals surface area contributed by atoms with Gasteiger partial charge in [0.15, 0.2) is 10.4 Å². The van der Waals surface area contributed by atoms with Crippen molar-refractivity contribution in [1.82, 2.24) is 4.90 Å². The van der Waals surface area contributed by atoms with Crippen LogP contribution in [0.2, 0.25) is 0 Å². The summed E-state index contributed by atoms with van der Waals surface area (Å²) in [7, 11) is 1.55. The van der Waals surface area contributed by atoms with Gasteiger partial charge >= 0.3 is 0 Å². The molecular formula is C17H17BrN2O4. The zero-order valence-electron chi connectivity index (χ0n) is 13.2. The van der Waals surface area contributed by atoms with E-state index in [1.165, 1.54) is 4.90 Å². The number of methoxy groups -OCH3 is 1. The zero-order chi connectivity index (χ0) is 17.1. The lowest BCUT2D eigenvalue weighted by Gasteiger charge is -2.28. The van der Waals surface area contributed by atoms with Crippen molar-refractivity contribution in [2.75, 3.05) is 25.2 Å². The monoisotopic (exact) mass is 392 g/mol. The van der Waals surface area contributed by atoms with Crippen LogP contribution in [0.25, 0.3) is 0 Å². The average Bonchev–Trinajstić information content (AvgIpc) is 3.20. The van der Waals surface area contributed by atoms with Crippen LogP contribution in [0.1, 0.15) is 23.4 Å². The number of para-hydroxylation sites is 2. The van der Waals surface area contributed by atoms with E-state index < -0.39 is 0 Å². The number of carbonyl (C=O) groups is 2. The van der Waals surface area contributed by atoms with E-state index in [1.807, 2.05) is 12.1 Å². The lowest BCUT2D eigenvalue weighted by Crippen LogP contribution is -2.42. The number of likely N-dealkylation sites (tertiary alicyclic amines) is 1. The topological polar surface area (TPSA) is 63.0 Å². The highest BCUT2D eigenvalue weighted by atomic mass is 79.9. The number of anilines is 1. The van der Waals surface area contributed by atoms with Crippen LogP contribution in [0, 0.1) is 0 Å². The van der Waals surface area contributed by atoms with Crippen LogP contribution in [-0.4, -0.2) is 37.0 Å². The fourth-order valence-electron chi connectivity index (χ4n) is 2.69. The maximum Gasteiger partial charge on any atom is 0.295 e. The molecule has 1 aromatic heterocycles. The van der Waals surface area contributed by atoms with Crippen molar-refractivity contribution in [2.24, 2.45) is 0 Å². The molecule has 1 saturated heterocycles. The van der Waals surface area contributed by atoms with Crippen molar-refractivity contribution in [1.29, 1.82) is 0 Å². The van der Waals surface area contributed by atoms with E-state index in [0.717, 1.165) is 6.42 Å². The lowest BCUT2D eigenvalue weighted by molar-refractivity contribution is -0.127. The summed E-state index contributed by atoms with van der Waals surface area (Å²) in [4.78, 5) is 28.1. The first-order chi connectivity index (χ1) is 11.6. The second-order valence-corrected chi connectivity index (χ2v) is 6.19. The van der Waals surface area contributed by atoms with Crippen LogP contribution >= 0.6 is 15.9 Å². The van der Waals surface area contributed by atoms with Gasteiger partial charge < -0.3 is 14.1 Å². The molecule has 0 N–H and O–H groups in total. The van der Waals surface area contributed by atoms with Gasteiger partial charge in [0.05, 0.1) is 12.8 Å². The molecule has 1 aliphatic heterocycles. The standard InChI is InChI=1S/C17H17BrN2O4/c1-23-13-6-3-2-5-12(13)20(11-19-10-4-7-16(19)21)17(22)14-8-9-15(18)24-14/h2-3,5-6,8-9H,4,7,10-11H2,1H3. The van der Waals surface area contributed by atoms with E-state index in [4.69, 9.17) is 9.15 Å². The maximum atomic E-state index is 12.9. The summed E-state index contributed by atoms with van der Waals surface area (Å²) in [6, 6.07) is 10.5. The summed E-state index contributed by atoms with van der Waals surface area (Å²) in [6.07, 6.45) is 1.32. The quantitative estimate of drug-likeness (QED) is 0.782. The van der Waals surface area contributed by atoms with Crippen molar-refractivity contribution < 1.29 is 18.7 Å². The summed E-state index contributed by atoms with van der Waals surface area (Å²) in [5, 5.41) is 0. The van der Waals surface area contributed by atoms with Gasteiger partial charge in [0.1, 0.15) is 12.4 Å². The normalized spacial score (nSPS) is 14.1. The van der Waals surface area contributed by atoms with Crippen molar-refractivity contribution >= 4 is 33.4 Å². The summed E-state index contributed by atoms with van der Waals surface area (Å²) in [5.74, 6) is 0.468. The summed E-state index contributed by atoms with van der Waals surface area (Å²) in [5.41, 5.74) is 0.595. The van der Waals surface area contributed by atoms with Gasteiger partial charge in [-0.3, -0.25) is 14.5 Å². The molecule has 2 heterocycles. The third-order valence-corrected chi connectivity index (χ3v) is 4.31. The number of halogens is 1. The average molecular weight is 393 g/mol. The van der Waals surface area contributed by atoms with Gasteiger partial charge in [-0.1, -0.05) is 12.1 Å². The molecule has 2 aromatic rings. The number of furan rings is 1. The lowest BCUT2D eigenvalue weighted by atomic mass is 10.2. The predicted octanol–water partition coefficient (Wildman–Crippen LogP) is 3.28. The molecule has 1 aliphatic rings. The van der Waals surface area contributed by atoms with Crippen molar-refractivity contribution in [3.05, 3.63) is 46.8 Å². The number of ether oxygens (including phenoxy) is 1. The Labute approximate surface area is 148 Å². The van der Waals surface area contributed by atoms with Gasteiger partial charge in [0, 0.05) is 13.0 Å². The Morgan fingerprint density at radius 1 is 1.33 bits per heavy atom. The number of hydrogen-bond donors (Lipinski definition) is 0. The smallest absolute Gasteiger partial charge is 0.295 e. The van der Waals surface area contributed by atoms with Crippen molar-refractivity contribution in [2.45, 2.75) is 12.8 Å². The van der Waals surface area contributed by atoms with E-state index in [9.17, 15) is 9.59 Å². The summed E-state index contributed by atoms with van der Waals surface area (Å²) >= 11 is 3.21. The molecule has 0 unspecified atom stereocenters. The molecule has 0 atom stereocenters. The second kappa shape index (κ2) is 7.09.